The number of hydrogen-bond acceptors (Lipinski definition) is 2. The smallest absolute Gasteiger partial charge is 0.0662 e. The van der Waals surface area contributed by atoms with Crippen molar-refractivity contribution in [1.29, 1.82) is 0 Å². The molecule has 0 spiro atoms. The molecule has 0 unspecified atom stereocenters. The van der Waals surface area contributed by atoms with Crippen LogP contribution in [0, 0.1) is 0 Å². The summed E-state index contributed by atoms with van der Waals surface area (Å²) >= 11 is 0. The van der Waals surface area contributed by atoms with Crippen LogP contribution in [0.2, 0.25) is 0 Å². The van der Waals surface area contributed by atoms with Gasteiger partial charge in [-0.2, -0.15) is 0 Å². The molecule has 1 aliphatic rings. The van der Waals surface area contributed by atoms with E-state index in [9.17, 15) is 0 Å². The van der Waals surface area contributed by atoms with Crippen molar-refractivity contribution in [3.8, 4) is 0 Å². The summed E-state index contributed by atoms with van der Waals surface area (Å²) in [5, 5.41) is 12.1. The number of rotatable bonds is 1. The molecule has 1 aromatic carbocycles. The summed E-state index contributed by atoms with van der Waals surface area (Å²) in [6, 6.07) is 8.08. The molecule has 0 aromatic heterocycles. The van der Waals surface area contributed by atoms with Crippen molar-refractivity contribution in [1.82, 2.24) is 0 Å². The van der Waals surface area contributed by atoms with Gasteiger partial charge >= 0.3 is 0 Å². The van der Waals surface area contributed by atoms with Gasteiger partial charge in [0.15, 0.2) is 0 Å². The van der Waals surface area contributed by atoms with Gasteiger partial charge in [0.1, 0.15) is 0 Å². The molecule has 1 aliphatic heterocycles. The Morgan fingerprint density at radius 2 is 2.17 bits per heavy atom. The third-order valence-electron chi connectivity index (χ3n) is 2.03. The number of aliphatic hydroxyl groups excluding tert-OH is 1. The van der Waals surface area contributed by atoms with Gasteiger partial charge in [-0.05, 0) is 23.3 Å². The van der Waals surface area contributed by atoms with Gasteiger partial charge in [0.25, 0.3) is 0 Å². The van der Waals surface area contributed by atoms with E-state index in [4.69, 9.17) is 5.11 Å². The molecule has 2 N–H and O–H groups in total. The zero-order valence-corrected chi connectivity index (χ0v) is 6.75. The lowest BCUT2D eigenvalue weighted by Crippen LogP contribution is -2.12. The first-order valence-corrected chi connectivity index (χ1v) is 4.03. The zero-order chi connectivity index (χ0) is 8.39. The van der Waals surface area contributed by atoms with Crippen LogP contribution in [0.25, 0.3) is 6.08 Å². The van der Waals surface area contributed by atoms with Gasteiger partial charge < -0.3 is 10.4 Å². The summed E-state index contributed by atoms with van der Waals surface area (Å²) in [7, 11) is 0. The molecule has 0 bridgehead atoms. The predicted octanol–water partition coefficient (Wildman–Crippen LogP) is 1.49. The molecule has 2 rings (SSSR count). The van der Waals surface area contributed by atoms with Crippen LogP contribution in [0.4, 0.5) is 5.69 Å². The van der Waals surface area contributed by atoms with Crippen LogP contribution in [-0.4, -0.2) is 18.3 Å². The molecule has 1 heterocycles. The fourth-order valence-corrected chi connectivity index (χ4v) is 1.37. The highest BCUT2D eigenvalue weighted by Gasteiger charge is 2.06. The number of nitrogens with one attached hydrogen (secondary N) is 1. The molecule has 0 fully saturated rings. The molecule has 0 atom stereocenters. The molecule has 0 amide bonds. The minimum absolute atomic E-state index is 0.140. The highest BCUT2D eigenvalue weighted by Crippen LogP contribution is 2.22. The van der Waals surface area contributed by atoms with Gasteiger partial charge in [0, 0.05) is 12.2 Å². The Morgan fingerprint density at radius 3 is 3.00 bits per heavy atom. The van der Waals surface area contributed by atoms with Crippen LogP contribution in [0.15, 0.2) is 29.8 Å². The second kappa shape index (κ2) is 2.99. The predicted molar refractivity (Wildman–Crippen MR) is 50.0 cm³/mol. The molecule has 2 heteroatoms. The summed E-state index contributed by atoms with van der Waals surface area (Å²) in [5.74, 6) is 0. The van der Waals surface area contributed by atoms with Crippen molar-refractivity contribution < 1.29 is 5.11 Å². The Bertz CT molecular complexity index is 317. The van der Waals surface area contributed by atoms with Crippen molar-refractivity contribution in [3.05, 3.63) is 35.4 Å². The lowest BCUT2D eigenvalue weighted by molar-refractivity contribution is 0.331. The fourth-order valence-electron chi connectivity index (χ4n) is 1.37. The molecule has 0 radical (unpaired) electrons. The second-order valence-corrected chi connectivity index (χ2v) is 2.90. The summed E-state index contributed by atoms with van der Waals surface area (Å²) in [6.07, 6.45) is 2.03. The van der Waals surface area contributed by atoms with Crippen LogP contribution in [0.1, 0.15) is 5.56 Å². The van der Waals surface area contributed by atoms with E-state index in [2.05, 4.69) is 5.32 Å². The maximum absolute atomic E-state index is 8.91. The first-order valence-electron chi connectivity index (χ1n) is 4.03. The first-order chi connectivity index (χ1) is 5.90. The van der Waals surface area contributed by atoms with Crippen LogP contribution in [-0.2, 0) is 0 Å². The maximum atomic E-state index is 8.91. The molecular formula is C10H11NO. The summed E-state index contributed by atoms with van der Waals surface area (Å²) in [4.78, 5) is 0. The minimum atomic E-state index is 0.140. The Balaban J connectivity index is 2.41. The van der Waals surface area contributed by atoms with E-state index in [0.717, 1.165) is 23.4 Å². The van der Waals surface area contributed by atoms with E-state index < -0.39 is 0 Å². The Hall–Kier alpha value is -1.28. The molecule has 62 valence electrons. The Labute approximate surface area is 71.5 Å². The molecule has 0 saturated heterocycles. The third-order valence-corrected chi connectivity index (χ3v) is 2.03. The average molecular weight is 161 g/mol. The molecular weight excluding hydrogens is 150 g/mol. The van der Waals surface area contributed by atoms with Crippen LogP contribution < -0.4 is 5.32 Å². The number of anilines is 1. The number of para-hydroxylation sites is 1. The number of hydrogen-bond donors (Lipinski definition) is 2. The number of benzene rings is 1. The lowest BCUT2D eigenvalue weighted by atomic mass is 10.1. The van der Waals surface area contributed by atoms with Crippen molar-refractivity contribution >= 4 is 11.8 Å². The largest absolute Gasteiger partial charge is 0.392 e. The summed E-state index contributed by atoms with van der Waals surface area (Å²) in [5.41, 5.74) is 3.34. The zero-order valence-electron chi connectivity index (χ0n) is 6.75. The van der Waals surface area contributed by atoms with Gasteiger partial charge in [0.2, 0.25) is 0 Å². The monoisotopic (exact) mass is 161 g/mol. The van der Waals surface area contributed by atoms with Crippen molar-refractivity contribution in [2.75, 3.05) is 18.5 Å². The van der Waals surface area contributed by atoms with Gasteiger partial charge in [-0.25, -0.2) is 0 Å². The van der Waals surface area contributed by atoms with Crippen LogP contribution in [0.5, 0.6) is 0 Å². The van der Waals surface area contributed by atoms with Crippen molar-refractivity contribution in [3.63, 3.8) is 0 Å². The first kappa shape index (κ1) is 7.37. The van der Waals surface area contributed by atoms with Gasteiger partial charge in [-0.15, -0.1) is 0 Å². The quantitative estimate of drug-likeness (QED) is 0.654. The van der Waals surface area contributed by atoms with Crippen LogP contribution in [0.3, 0.4) is 0 Å². The SMILES string of the molecule is OCC1=Cc2ccccc2NC1. The normalized spacial score (nSPS) is 14.6. The highest BCUT2D eigenvalue weighted by molar-refractivity contribution is 5.71. The van der Waals surface area contributed by atoms with E-state index in [0.29, 0.717) is 0 Å². The molecule has 0 saturated carbocycles. The second-order valence-electron chi connectivity index (χ2n) is 2.90. The molecule has 2 nitrogen and oxygen atoms in total. The average Bonchev–Trinajstić information content (AvgIpc) is 2.17. The molecule has 0 aliphatic carbocycles. The van der Waals surface area contributed by atoms with E-state index in [1.165, 1.54) is 0 Å². The van der Waals surface area contributed by atoms with E-state index in [1.54, 1.807) is 0 Å². The topological polar surface area (TPSA) is 32.3 Å². The Morgan fingerprint density at radius 1 is 1.33 bits per heavy atom. The third kappa shape index (κ3) is 1.21. The van der Waals surface area contributed by atoms with Gasteiger partial charge in [-0.3, -0.25) is 0 Å². The van der Waals surface area contributed by atoms with E-state index in [1.807, 2.05) is 30.3 Å². The summed E-state index contributed by atoms with van der Waals surface area (Å²) in [6.45, 7) is 0.898. The fraction of sp³-hybridized carbons (Fsp3) is 0.200. The number of fused-ring (bicyclic) bond motifs is 1. The van der Waals surface area contributed by atoms with Gasteiger partial charge in [0.05, 0.1) is 6.61 Å². The van der Waals surface area contributed by atoms with E-state index in [-0.39, 0.29) is 6.61 Å². The molecule has 1 aromatic rings. The highest BCUT2D eigenvalue weighted by atomic mass is 16.3. The standard InChI is InChI=1S/C10H11NO/c12-7-8-5-9-3-1-2-4-10(9)11-6-8/h1-5,11-12H,6-7H2. The maximum Gasteiger partial charge on any atom is 0.0662 e. The van der Waals surface area contributed by atoms with Gasteiger partial charge in [-0.1, -0.05) is 18.2 Å². The van der Waals surface area contributed by atoms with Crippen molar-refractivity contribution in [2.24, 2.45) is 0 Å². The van der Waals surface area contributed by atoms with E-state index >= 15 is 0 Å². The van der Waals surface area contributed by atoms with Crippen molar-refractivity contribution in [2.45, 2.75) is 0 Å². The number of aliphatic hydroxyl groups is 1. The summed E-state index contributed by atoms with van der Waals surface area (Å²) < 4.78 is 0. The Kier molecular flexibility index (Phi) is 1.84. The lowest BCUT2D eigenvalue weighted by Gasteiger charge is -2.16. The van der Waals surface area contributed by atoms with Crippen LogP contribution >= 0.6 is 0 Å². The minimum Gasteiger partial charge on any atom is -0.392 e. The molecule has 12 heavy (non-hydrogen) atoms.